The normalized spacial score (nSPS) is 13.6. The van der Waals surface area contributed by atoms with Crippen LogP contribution in [0, 0.1) is 5.41 Å². The quantitative estimate of drug-likeness (QED) is 0.00641. The molecule has 1 unspecified atom stereocenters. The molecule has 0 saturated carbocycles. The van der Waals surface area contributed by atoms with Crippen LogP contribution in [0.5, 0.6) is 28.7 Å². The van der Waals surface area contributed by atoms with E-state index in [9.17, 15) is 62.1 Å². The number of methoxy groups -OCH3 is 2. The van der Waals surface area contributed by atoms with Crippen molar-refractivity contribution >= 4 is 97.3 Å². The topological polar surface area (TPSA) is 293 Å². The average Bonchev–Trinajstić information content (AvgIpc) is 0.747. The fourth-order valence-electron chi connectivity index (χ4n) is 12.0. The minimum atomic E-state index is -4.57. The summed E-state index contributed by atoms with van der Waals surface area (Å²) in [7, 11) is 3.08. The third-order valence-electron chi connectivity index (χ3n) is 17.9. The Morgan fingerprint density at radius 1 is 0.686 bits per heavy atom. The molecule has 1 heterocycles. The lowest BCUT2D eigenvalue weighted by molar-refractivity contribution is -0.164. The summed E-state index contributed by atoms with van der Waals surface area (Å²) in [6.45, 7) is 5.53. The molecule has 8 aromatic carbocycles. The van der Waals surface area contributed by atoms with Gasteiger partial charge in [0.1, 0.15) is 35.4 Å². The zero-order chi connectivity index (χ0) is 73.3. The van der Waals surface area contributed by atoms with E-state index in [1.807, 2.05) is 19.1 Å². The van der Waals surface area contributed by atoms with E-state index in [1.54, 1.807) is 112 Å². The number of rotatable bonds is 31. The van der Waals surface area contributed by atoms with Gasteiger partial charge in [-0.25, -0.2) is 9.59 Å². The molecule has 0 spiro atoms. The minimum Gasteiger partial charge on any atom is -0.508 e. The van der Waals surface area contributed by atoms with Gasteiger partial charge in [0.15, 0.2) is 23.2 Å². The maximum Gasteiger partial charge on any atom is 0.416 e. The highest BCUT2D eigenvalue weighted by molar-refractivity contribution is 7.80. The Bertz CT molecular complexity index is 4340. The standard InChI is InChI=1S/C77H82F3N7O14S/c1-6-76(2,3)69(91)72(94)87-38-12-10-20-63(87)74(97)101-64(33-21-46-22-34-65(98-4)66(39-46)99-5)47-23-28-55(29-24-47)100-45-67(90)81-35-11-9-19-62(71(93)83-37-14-36-82-70(92)59-17-7-8-18-61(59)84-51-16-13-15-50(43-51)77(78,79)80)86-75(102)85-52-25-30-58(60(44-52)73(95)96)68-56-31-26-53(88)41-48(56)40-49-42-54(89)27-32-57(49)68/h7-8,13,15-18,22-32,34,39-44,62-64,84,88-89H,6,9-12,14,19-21,33,35-38,45H2,1-5H3,(H,81,90)(H,82,92)(H,83,93)(H,95,96)(H2,85,86,102)/t62?,63-,64+/m0/s1. The third kappa shape index (κ3) is 19.5. The SMILES string of the molecule is CCC(C)(C)C(=O)C(=O)N1CCCC[C@H]1C(=O)O[C@H](CCc1ccc(OC)c(OC)c1)c1ccc(OCC(=O)NCCCCC(NC(=S)Nc2ccc(-c3c4ccc(O)cc4cc4cc(O)ccc34)c(C(=O)O)c2)C(=O)NCCCNC(=O)c2ccccc2Nc2cccc(C(F)(F)F)c2)cc1. The number of amides is 4. The number of para-hydroxylation sites is 1. The summed E-state index contributed by atoms with van der Waals surface area (Å²) in [4.78, 5) is 96.3. The monoisotopic (exact) mass is 1420 g/mol. The largest absolute Gasteiger partial charge is 0.508 e. The minimum absolute atomic E-state index is 0.00466. The molecule has 1 aliphatic heterocycles. The molecule has 1 aliphatic rings. The van der Waals surface area contributed by atoms with Crippen molar-refractivity contribution in [1.82, 2.24) is 26.2 Å². The van der Waals surface area contributed by atoms with Crippen molar-refractivity contribution in [1.29, 1.82) is 0 Å². The van der Waals surface area contributed by atoms with Crippen molar-refractivity contribution in [2.75, 3.05) is 57.6 Å². The number of carbonyl (C=O) groups excluding carboxylic acids is 6. The number of nitrogens with one attached hydrogen (secondary N) is 6. The van der Waals surface area contributed by atoms with Crippen molar-refractivity contribution in [2.24, 2.45) is 5.41 Å². The molecule has 3 atom stereocenters. The van der Waals surface area contributed by atoms with Gasteiger partial charge in [-0.2, -0.15) is 13.2 Å². The number of carbonyl (C=O) groups is 7. The number of phenols is 2. The summed E-state index contributed by atoms with van der Waals surface area (Å²) in [6.07, 6.45) is -1.27. The Balaban J connectivity index is 0.827. The first-order valence-corrected chi connectivity index (χ1v) is 33.9. The van der Waals surface area contributed by atoms with Crippen LogP contribution in [0.3, 0.4) is 0 Å². The number of anilines is 3. The van der Waals surface area contributed by atoms with Crippen LogP contribution in [0.1, 0.15) is 122 Å². The average molecular weight is 1420 g/mol. The van der Waals surface area contributed by atoms with Crippen molar-refractivity contribution in [3.63, 3.8) is 0 Å². The number of aromatic hydroxyl groups is 2. The van der Waals surface area contributed by atoms with Crippen molar-refractivity contribution in [3.05, 3.63) is 179 Å². The fourth-order valence-corrected chi connectivity index (χ4v) is 12.2. The number of ether oxygens (including phenoxy) is 4. The van der Waals surface area contributed by atoms with E-state index in [-0.39, 0.29) is 90.4 Å². The number of fused-ring (bicyclic) bond motifs is 2. The number of benzene rings is 8. The second kappa shape index (κ2) is 34.4. The Morgan fingerprint density at radius 3 is 2.07 bits per heavy atom. The molecule has 102 heavy (non-hydrogen) atoms. The van der Waals surface area contributed by atoms with Crippen LogP contribution in [-0.2, 0) is 41.3 Å². The highest BCUT2D eigenvalue weighted by atomic mass is 32.1. The second-order valence-electron chi connectivity index (χ2n) is 25.4. The predicted molar refractivity (Wildman–Crippen MR) is 385 cm³/mol. The van der Waals surface area contributed by atoms with Gasteiger partial charge in [0, 0.05) is 43.0 Å². The number of likely N-dealkylation sites (tertiary alicyclic amines) is 1. The molecule has 0 radical (unpaired) electrons. The van der Waals surface area contributed by atoms with E-state index in [1.165, 1.54) is 48.4 Å². The van der Waals surface area contributed by atoms with Gasteiger partial charge < -0.3 is 71.1 Å². The van der Waals surface area contributed by atoms with E-state index >= 15 is 0 Å². The number of ketones is 1. The zero-order valence-corrected chi connectivity index (χ0v) is 57.9. The number of phenolic OH excluding ortho intramolecular Hbond substituents is 2. The number of alkyl halides is 3. The first-order valence-electron chi connectivity index (χ1n) is 33.5. The van der Waals surface area contributed by atoms with Gasteiger partial charge in [-0.15, -0.1) is 0 Å². The van der Waals surface area contributed by atoms with Gasteiger partial charge in [-0.1, -0.05) is 75.4 Å². The Morgan fingerprint density at radius 2 is 1.38 bits per heavy atom. The highest BCUT2D eigenvalue weighted by Gasteiger charge is 2.41. The number of esters is 1. The molecule has 9 rings (SSSR count). The molecule has 21 nitrogen and oxygen atoms in total. The van der Waals surface area contributed by atoms with Crippen LogP contribution in [-0.4, -0.2) is 126 Å². The summed E-state index contributed by atoms with van der Waals surface area (Å²) in [6, 6.07) is 37.2. The molecular formula is C77H82F3N7O14S. The first kappa shape index (κ1) is 75.3. The number of hydrogen-bond acceptors (Lipinski definition) is 15. The molecular weight excluding hydrogens is 1340 g/mol. The first-order chi connectivity index (χ1) is 48.8. The van der Waals surface area contributed by atoms with Gasteiger partial charge in [0.2, 0.25) is 11.7 Å². The number of halogens is 3. The lowest BCUT2D eigenvalue weighted by Gasteiger charge is -2.36. The summed E-state index contributed by atoms with van der Waals surface area (Å²) >= 11 is 5.74. The predicted octanol–water partition coefficient (Wildman–Crippen LogP) is 13.1. The summed E-state index contributed by atoms with van der Waals surface area (Å²) in [5.41, 5.74) is 1.37. The van der Waals surface area contributed by atoms with Crippen molar-refractivity contribution in [3.8, 4) is 39.9 Å². The molecule has 25 heteroatoms. The van der Waals surface area contributed by atoms with Gasteiger partial charge in [0.25, 0.3) is 17.7 Å². The summed E-state index contributed by atoms with van der Waals surface area (Å²) < 4.78 is 63.5. The van der Waals surface area contributed by atoms with Crippen LogP contribution in [0.25, 0.3) is 32.7 Å². The smallest absolute Gasteiger partial charge is 0.416 e. The highest BCUT2D eigenvalue weighted by Crippen LogP contribution is 2.42. The zero-order valence-electron chi connectivity index (χ0n) is 57.1. The Kier molecular flexibility index (Phi) is 25.4. The van der Waals surface area contributed by atoms with E-state index in [0.717, 1.165) is 17.7 Å². The third-order valence-corrected chi connectivity index (χ3v) is 18.1. The van der Waals surface area contributed by atoms with Gasteiger partial charge in [0.05, 0.1) is 36.6 Å². The molecule has 0 aliphatic carbocycles. The van der Waals surface area contributed by atoms with E-state index in [4.69, 9.17) is 31.2 Å². The van der Waals surface area contributed by atoms with Crippen LogP contribution < -0.4 is 46.1 Å². The molecule has 536 valence electrons. The van der Waals surface area contributed by atoms with Crippen LogP contribution >= 0.6 is 12.2 Å². The number of carboxylic acid groups (broad SMARTS) is 1. The molecule has 4 amide bonds. The number of piperidine rings is 1. The lowest BCUT2D eigenvalue weighted by Crippen LogP contribution is -2.53. The van der Waals surface area contributed by atoms with Gasteiger partial charge >= 0.3 is 18.1 Å². The number of aryl methyl sites for hydroxylation is 1. The number of aromatic carboxylic acids is 1. The fraction of sp³-hybridized carbons (Fsp3) is 0.325. The van der Waals surface area contributed by atoms with Crippen LogP contribution in [0.2, 0.25) is 0 Å². The molecule has 0 bridgehead atoms. The van der Waals surface area contributed by atoms with Crippen molar-refractivity contribution in [2.45, 2.75) is 109 Å². The van der Waals surface area contributed by atoms with Crippen LogP contribution in [0.15, 0.2) is 152 Å². The van der Waals surface area contributed by atoms with E-state index < -0.39 is 76.7 Å². The number of thiocarbonyl (C=S) groups is 1. The summed E-state index contributed by atoms with van der Waals surface area (Å²) in [5.74, 6) is -3.15. The number of nitrogens with zero attached hydrogens (tertiary/aromatic N) is 1. The van der Waals surface area contributed by atoms with Crippen LogP contribution in [0.4, 0.5) is 30.2 Å². The number of carboxylic acids is 1. The Labute approximate surface area is 593 Å². The molecule has 0 aromatic heterocycles. The lowest BCUT2D eigenvalue weighted by atomic mass is 9.84. The molecule has 1 fully saturated rings. The maximum absolute atomic E-state index is 14.2. The van der Waals surface area contributed by atoms with E-state index in [2.05, 4.69) is 31.9 Å². The maximum atomic E-state index is 14.2. The molecule has 9 N–H and O–H groups in total. The summed E-state index contributed by atoms with van der Waals surface area (Å²) in [5, 5.41) is 51.3. The van der Waals surface area contributed by atoms with Gasteiger partial charge in [-0.05, 0) is 217 Å². The number of Topliss-reactive ketones (excluding diaryl/α,β-unsaturated/α-hetero) is 1. The van der Waals surface area contributed by atoms with Crippen molar-refractivity contribution < 1.29 is 81.0 Å². The number of hydrogen-bond donors (Lipinski definition) is 9. The molecule has 1 saturated heterocycles. The number of unbranched alkanes of at least 4 members (excludes halogenated alkanes) is 1. The van der Waals surface area contributed by atoms with Gasteiger partial charge in [-0.3, -0.25) is 24.0 Å². The second-order valence-corrected chi connectivity index (χ2v) is 25.8. The Hall–Kier alpha value is -11.0. The molecule has 8 aromatic rings. The van der Waals surface area contributed by atoms with E-state index in [0.29, 0.717) is 107 Å².